The molecule has 2 aromatic heterocycles. The van der Waals surface area contributed by atoms with Gasteiger partial charge in [0.25, 0.3) is 5.97 Å². The molecule has 1 aromatic carbocycles. The van der Waals surface area contributed by atoms with Crippen LogP contribution < -0.4 is 10.0 Å². The smallest absolute Gasteiger partial charge is 0.300 e. The first-order valence-corrected chi connectivity index (χ1v) is 15.0. The highest BCUT2D eigenvalue weighted by molar-refractivity contribution is 7.86. The van der Waals surface area contributed by atoms with Gasteiger partial charge in [0.1, 0.15) is 16.7 Å². The molecule has 0 amide bonds. The topological polar surface area (TPSA) is 109 Å². The van der Waals surface area contributed by atoms with Gasteiger partial charge < -0.3 is 15.1 Å². The largest absolute Gasteiger partial charge is 0.481 e. The number of piperidine rings is 1. The van der Waals surface area contributed by atoms with Crippen molar-refractivity contribution < 1.29 is 18.5 Å². The highest BCUT2D eigenvalue weighted by Gasteiger charge is 2.37. The maximum absolute atomic E-state index is 15.7. The first-order valence-electron chi connectivity index (χ1n) is 13.7. The summed E-state index contributed by atoms with van der Waals surface area (Å²) in [5.74, 6) is -0.757. The van der Waals surface area contributed by atoms with Crippen molar-refractivity contribution in [3.8, 4) is 22.4 Å². The normalized spacial score (nSPS) is 17.7. The number of hydrogen-bond acceptors (Lipinski definition) is 5. The average molecular weight is 556 g/mol. The Morgan fingerprint density at radius 3 is 2.46 bits per heavy atom. The van der Waals surface area contributed by atoms with Crippen LogP contribution in [0.5, 0.6) is 0 Å². The van der Waals surface area contributed by atoms with Crippen molar-refractivity contribution in [2.24, 2.45) is 5.41 Å². The minimum Gasteiger partial charge on any atom is -0.481 e. The van der Waals surface area contributed by atoms with Gasteiger partial charge >= 0.3 is 0 Å². The van der Waals surface area contributed by atoms with Gasteiger partial charge in [-0.1, -0.05) is 19.1 Å². The molecule has 3 N–H and O–H groups in total. The zero-order valence-electron chi connectivity index (χ0n) is 22.7. The summed E-state index contributed by atoms with van der Waals surface area (Å²) >= 11 is 0. The monoisotopic (exact) mass is 555 g/mol. The summed E-state index contributed by atoms with van der Waals surface area (Å²) in [7, 11) is -1.32. The summed E-state index contributed by atoms with van der Waals surface area (Å²) in [6.07, 6.45) is 13.4. The molecule has 1 aliphatic carbocycles. The first-order chi connectivity index (χ1) is 18.8. The number of pyridine rings is 1. The van der Waals surface area contributed by atoms with E-state index in [2.05, 4.69) is 19.7 Å². The van der Waals surface area contributed by atoms with E-state index in [0.29, 0.717) is 22.8 Å². The van der Waals surface area contributed by atoms with E-state index in [-0.39, 0.29) is 5.69 Å². The quantitative estimate of drug-likeness (QED) is 0.339. The van der Waals surface area contributed by atoms with Crippen LogP contribution in [0.15, 0.2) is 48.9 Å². The van der Waals surface area contributed by atoms with Crippen LogP contribution in [-0.4, -0.2) is 48.9 Å². The van der Waals surface area contributed by atoms with Crippen molar-refractivity contribution >= 4 is 22.6 Å². The SMILES string of the molecule is CC(=O)O.CCCS(=O)Nc1cccc(-c2cn(C3CCC4(CCNCC4)CC3)nc2-c2ccncc2)c1F. The zero-order chi connectivity index (χ0) is 27.8. The van der Waals surface area contributed by atoms with E-state index >= 15 is 4.39 Å². The van der Waals surface area contributed by atoms with E-state index in [1.54, 1.807) is 30.6 Å². The summed E-state index contributed by atoms with van der Waals surface area (Å²) in [6.45, 7) is 5.28. The van der Waals surface area contributed by atoms with Gasteiger partial charge in [-0.25, -0.2) is 8.60 Å². The fourth-order valence-corrected chi connectivity index (χ4v) is 6.49. The molecular weight excluding hydrogens is 517 g/mol. The number of halogens is 1. The summed E-state index contributed by atoms with van der Waals surface area (Å²) in [5.41, 5.74) is 3.61. The van der Waals surface area contributed by atoms with E-state index < -0.39 is 22.8 Å². The predicted octanol–water partition coefficient (Wildman–Crippen LogP) is 5.81. The van der Waals surface area contributed by atoms with E-state index in [0.717, 1.165) is 56.1 Å². The second kappa shape index (κ2) is 13.3. The van der Waals surface area contributed by atoms with Crippen molar-refractivity contribution in [1.82, 2.24) is 20.1 Å². The lowest BCUT2D eigenvalue weighted by molar-refractivity contribution is -0.134. The Bertz CT molecular complexity index is 1260. The average Bonchev–Trinajstić information content (AvgIpc) is 3.36. The maximum atomic E-state index is 15.7. The third-order valence-electron chi connectivity index (χ3n) is 7.64. The van der Waals surface area contributed by atoms with Crippen LogP contribution in [-0.2, 0) is 15.8 Å². The number of carboxylic acid groups (broad SMARTS) is 1. The molecule has 39 heavy (non-hydrogen) atoms. The number of aliphatic carboxylic acids is 1. The van der Waals surface area contributed by atoms with Crippen molar-refractivity contribution in [3.63, 3.8) is 0 Å². The summed E-state index contributed by atoms with van der Waals surface area (Å²) < 4.78 is 32.8. The van der Waals surface area contributed by atoms with Crippen molar-refractivity contribution in [2.45, 2.75) is 64.8 Å². The number of benzene rings is 1. The highest BCUT2D eigenvalue weighted by Crippen LogP contribution is 2.47. The lowest BCUT2D eigenvalue weighted by atomic mass is 9.67. The fraction of sp³-hybridized carbons (Fsp3) is 0.483. The summed E-state index contributed by atoms with van der Waals surface area (Å²) in [5, 5.41) is 15.9. The van der Waals surface area contributed by atoms with Crippen LogP contribution in [0.3, 0.4) is 0 Å². The lowest BCUT2D eigenvalue weighted by Crippen LogP contribution is -2.39. The van der Waals surface area contributed by atoms with Gasteiger partial charge in [-0.05, 0) is 81.6 Å². The molecule has 1 saturated carbocycles. The van der Waals surface area contributed by atoms with Crippen LogP contribution >= 0.6 is 0 Å². The molecule has 3 aromatic rings. The van der Waals surface area contributed by atoms with E-state index in [9.17, 15) is 4.21 Å². The third kappa shape index (κ3) is 7.30. The van der Waals surface area contributed by atoms with Crippen LogP contribution in [0.4, 0.5) is 10.1 Å². The molecule has 10 heteroatoms. The van der Waals surface area contributed by atoms with Crippen LogP contribution in [0.1, 0.15) is 64.8 Å². The molecular formula is C29H38FN5O3S. The van der Waals surface area contributed by atoms with Gasteiger partial charge in [0.2, 0.25) is 0 Å². The predicted molar refractivity (Wildman–Crippen MR) is 153 cm³/mol. The molecule has 1 spiro atoms. The van der Waals surface area contributed by atoms with Gasteiger partial charge in [-0.2, -0.15) is 5.10 Å². The van der Waals surface area contributed by atoms with E-state index in [1.165, 1.54) is 25.7 Å². The Morgan fingerprint density at radius 2 is 1.82 bits per heavy atom. The Morgan fingerprint density at radius 1 is 1.15 bits per heavy atom. The molecule has 1 atom stereocenters. The second-order valence-corrected chi connectivity index (χ2v) is 11.7. The Hall–Kier alpha value is -3.11. The minimum absolute atomic E-state index is 0.258. The molecule has 5 rings (SSSR count). The summed E-state index contributed by atoms with van der Waals surface area (Å²) in [6, 6.07) is 9.36. The molecule has 3 heterocycles. The van der Waals surface area contributed by atoms with Crippen LogP contribution in [0, 0.1) is 11.2 Å². The standard InChI is InChI=1S/C27H34FN5OS.C2H4O2/c1-2-18-35(34)32-24-5-3-4-22(25(24)28)23-19-33(31-26(23)20-8-14-29-15-9-20)21-6-10-27(11-7-21)12-16-30-17-13-27;1-2(3)4/h3-5,8-9,14-15,19,21,30,32H,2,6-7,10-13,16-18H2,1H3;1H3,(H,3,4). The van der Waals surface area contributed by atoms with Crippen LogP contribution in [0.25, 0.3) is 22.4 Å². The zero-order valence-corrected chi connectivity index (χ0v) is 23.5. The van der Waals surface area contributed by atoms with Crippen molar-refractivity contribution in [2.75, 3.05) is 23.6 Å². The van der Waals surface area contributed by atoms with Crippen LogP contribution in [0.2, 0.25) is 0 Å². The molecule has 210 valence electrons. The first kappa shape index (κ1) is 28.9. The number of carbonyl (C=O) groups is 1. The van der Waals surface area contributed by atoms with Gasteiger partial charge in [-0.15, -0.1) is 0 Å². The van der Waals surface area contributed by atoms with E-state index in [4.69, 9.17) is 15.0 Å². The van der Waals surface area contributed by atoms with E-state index in [1.807, 2.05) is 25.3 Å². The molecule has 0 radical (unpaired) electrons. The molecule has 0 bridgehead atoms. The molecule has 8 nitrogen and oxygen atoms in total. The van der Waals surface area contributed by atoms with Gasteiger partial charge in [-0.3, -0.25) is 14.5 Å². The van der Waals surface area contributed by atoms with Crippen molar-refractivity contribution in [1.29, 1.82) is 0 Å². The lowest BCUT2D eigenvalue weighted by Gasteiger charge is -2.43. The van der Waals surface area contributed by atoms with Gasteiger partial charge in [0.15, 0.2) is 5.82 Å². The number of rotatable bonds is 7. The molecule has 2 aliphatic rings. The number of nitrogens with zero attached hydrogens (tertiary/aromatic N) is 3. The molecule has 2 fully saturated rings. The number of anilines is 1. The minimum atomic E-state index is -1.32. The van der Waals surface area contributed by atoms with Gasteiger partial charge in [0.05, 0.1) is 11.7 Å². The number of nitrogens with one attached hydrogen (secondary N) is 2. The second-order valence-electron chi connectivity index (χ2n) is 10.4. The number of hydrogen-bond donors (Lipinski definition) is 3. The maximum Gasteiger partial charge on any atom is 0.300 e. The Labute approximate surface area is 232 Å². The third-order valence-corrected chi connectivity index (χ3v) is 8.87. The van der Waals surface area contributed by atoms with Gasteiger partial charge in [0, 0.05) is 48.0 Å². The molecule has 1 saturated heterocycles. The molecule has 1 aliphatic heterocycles. The van der Waals surface area contributed by atoms with Crippen molar-refractivity contribution in [3.05, 3.63) is 54.7 Å². The summed E-state index contributed by atoms with van der Waals surface area (Å²) in [4.78, 5) is 13.1. The Balaban J connectivity index is 0.000000826. The highest BCUT2D eigenvalue weighted by atomic mass is 32.2. The number of aromatic nitrogens is 3. The Kier molecular flexibility index (Phi) is 9.85. The fourth-order valence-electron chi connectivity index (χ4n) is 5.61. The number of carboxylic acids is 1. The molecule has 1 unspecified atom stereocenters.